The predicted octanol–water partition coefficient (Wildman–Crippen LogP) is 1.58. The van der Waals surface area contributed by atoms with Gasteiger partial charge in [-0.1, -0.05) is 20.8 Å². The molecule has 1 aromatic rings. The topological polar surface area (TPSA) is 82.5 Å². The predicted molar refractivity (Wildman–Crippen MR) is 77.1 cm³/mol. The number of carboxylic acids is 1. The van der Waals surface area contributed by atoms with Crippen molar-refractivity contribution >= 4 is 17.7 Å². The normalized spacial score (nSPS) is 11.1. The van der Waals surface area contributed by atoms with Gasteiger partial charge in [-0.2, -0.15) is 0 Å². The van der Waals surface area contributed by atoms with Crippen molar-refractivity contribution in [3.63, 3.8) is 0 Å². The third-order valence-electron chi connectivity index (χ3n) is 2.76. The van der Waals surface area contributed by atoms with Crippen LogP contribution in [0.1, 0.15) is 36.8 Å². The maximum absolute atomic E-state index is 11.5. The molecule has 0 spiro atoms. The number of aromatic nitrogens is 1. The molecular formula is C14H21N3O3. The lowest BCUT2D eigenvalue weighted by Crippen LogP contribution is -2.29. The smallest absolute Gasteiger partial charge is 0.335 e. The Labute approximate surface area is 118 Å². The number of hydrogen-bond donors (Lipinski definition) is 2. The Hall–Kier alpha value is -2.11. The van der Waals surface area contributed by atoms with E-state index in [1.54, 1.807) is 20.2 Å². The average molecular weight is 279 g/mol. The summed E-state index contributed by atoms with van der Waals surface area (Å²) in [6.07, 6.45) is 0. The second-order valence-electron chi connectivity index (χ2n) is 5.82. The number of likely N-dealkylation sites (N-methyl/N-ethyl adjacent to an activating group) is 1. The minimum absolute atomic E-state index is 0.0760. The van der Waals surface area contributed by atoms with Crippen LogP contribution in [0.2, 0.25) is 0 Å². The largest absolute Gasteiger partial charge is 0.478 e. The van der Waals surface area contributed by atoms with Gasteiger partial charge < -0.3 is 15.3 Å². The second-order valence-corrected chi connectivity index (χ2v) is 5.82. The van der Waals surface area contributed by atoms with Gasteiger partial charge in [0, 0.05) is 25.2 Å². The number of carbonyl (C=O) groups excluding carboxylic acids is 1. The zero-order valence-electron chi connectivity index (χ0n) is 12.5. The Kier molecular flexibility index (Phi) is 4.70. The van der Waals surface area contributed by atoms with Crippen molar-refractivity contribution in [1.29, 1.82) is 0 Å². The molecule has 0 bridgehead atoms. The van der Waals surface area contributed by atoms with Crippen molar-refractivity contribution in [3.8, 4) is 0 Å². The molecule has 2 N–H and O–H groups in total. The summed E-state index contributed by atoms with van der Waals surface area (Å²) in [5.41, 5.74) is 0.551. The summed E-state index contributed by atoms with van der Waals surface area (Å²) in [4.78, 5) is 28.5. The van der Waals surface area contributed by atoms with Crippen LogP contribution in [0.25, 0.3) is 0 Å². The fourth-order valence-corrected chi connectivity index (χ4v) is 1.45. The van der Waals surface area contributed by atoms with E-state index in [4.69, 9.17) is 5.11 Å². The molecule has 110 valence electrons. The second kappa shape index (κ2) is 5.90. The van der Waals surface area contributed by atoms with Crippen LogP contribution in [0.15, 0.2) is 12.1 Å². The number of anilines is 1. The molecular weight excluding hydrogens is 258 g/mol. The molecule has 0 saturated heterocycles. The minimum Gasteiger partial charge on any atom is -0.478 e. The monoisotopic (exact) mass is 279 g/mol. The molecule has 0 aromatic carbocycles. The third-order valence-corrected chi connectivity index (χ3v) is 2.76. The summed E-state index contributed by atoms with van der Waals surface area (Å²) in [5.74, 6) is -0.727. The molecule has 6 nitrogen and oxygen atoms in total. The van der Waals surface area contributed by atoms with Gasteiger partial charge in [0.05, 0.1) is 12.1 Å². The van der Waals surface area contributed by atoms with E-state index in [0.29, 0.717) is 11.5 Å². The van der Waals surface area contributed by atoms with Crippen molar-refractivity contribution in [3.05, 3.63) is 23.4 Å². The SMILES string of the molecule is CN(C)C(=O)CNc1cc(C(=O)O)cc(C(C)(C)C)n1. The van der Waals surface area contributed by atoms with Gasteiger partial charge in [0.1, 0.15) is 5.82 Å². The summed E-state index contributed by atoms with van der Waals surface area (Å²) < 4.78 is 0. The molecule has 0 aliphatic carbocycles. The molecule has 20 heavy (non-hydrogen) atoms. The van der Waals surface area contributed by atoms with E-state index in [2.05, 4.69) is 10.3 Å². The van der Waals surface area contributed by atoms with Gasteiger partial charge in [-0.15, -0.1) is 0 Å². The molecule has 1 aromatic heterocycles. The van der Waals surface area contributed by atoms with Gasteiger partial charge in [-0.25, -0.2) is 9.78 Å². The van der Waals surface area contributed by atoms with E-state index < -0.39 is 5.97 Å². The number of rotatable bonds is 4. The Morgan fingerprint density at radius 1 is 1.30 bits per heavy atom. The van der Waals surface area contributed by atoms with Crippen molar-refractivity contribution < 1.29 is 14.7 Å². The molecule has 0 aliphatic heterocycles. The maximum atomic E-state index is 11.5. The highest BCUT2D eigenvalue weighted by molar-refractivity contribution is 5.89. The van der Waals surface area contributed by atoms with Gasteiger partial charge in [-0.3, -0.25) is 4.79 Å². The summed E-state index contributed by atoms with van der Waals surface area (Å²) in [6.45, 7) is 5.94. The molecule has 1 heterocycles. The van der Waals surface area contributed by atoms with Gasteiger partial charge in [0.2, 0.25) is 5.91 Å². The fourth-order valence-electron chi connectivity index (χ4n) is 1.45. The Morgan fingerprint density at radius 3 is 2.35 bits per heavy atom. The molecule has 0 fully saturated rings. The Balaban J connectivity index is 3.04. The first-order chi connectivity index (χ1) is 9.11. The van der Waals surface area contributed by atoms with Crippen LogP contribution in [-0.4, -0.2) is 47.5 Å². The number of nitrogens with zero attached hydrogens (tertiary/aromatic N) is 2. The highest BCUT2D eigenvalue weighted by Crippen LogP contribution is 2.23. The van der Waals surface area contributed by atoms with Crippen LogP contribution in [0.3, 0.4) is 0 Å². The van der Waals surface area contributed by atoms with E-state index in [1.807, 2.05) is 20.8 Å². The number of hydrogen-bond acceptors (Lipinski definition) is 4. The van der Waals surface area contributed by atoms with Crippen LogP contribution in [0.4, 0.5) is 5.82 Å². The van der Waals surface area contributed by atoms with Crippen molar-refractivity contribution in [2.75, 3.05) is 26.0 Å². The van der Waals surface area contributed by atoms with E-state index >= 15 is 0 Å². The lowest BCUT2D eigenvalue weighted by Gasteiger charge is -2.20. The molecule has 0 radical (unpaired) electrons. The first-order valence-electron chi connectivity index (χ1n) is 6.31. The van der Waals surface area contributed by atoms with E-state index in [-0.39, 0.29) is 23.4 Å². The molecule has 0 unspecified atom stereocenters. The molecule has 6 heteroatoms. The number of amides is 1. The lowest BCUT2D eigenvalue weighted by molar-refractivity contribution is -0.126. The number of carbonyl (C=O) groups is 2. The van der Waals surface area contributed by atoms with Gasteiger partial charge in [0.25, 0.3) is 0 Å². The molecule has 0 atom stereocenters. The lowest BCUT2D eigenvalue weighted by atomic mass is 9.91. The Morgan fingerprint density at radius 2 is 1.90 bits per heavy atom. The van der Waals surface area contributed by atoms with Crippen LogP contribution < -0.4 is 5.32 Å². The van der Waals surface area contributed by atoms with E-state index in [9.17, 15) is 9.59 Å². The maximum Gasteiger partial charge on any atom is 0.335 e. The zero-order valence-corrected chi connectivity index (χ0v) is 12.5. The fraction of sp³-hybridized carbons (Fsp3) is 0.500. The average Bonchev–Trinajstić information content (AvgIpc) is 2.34. The van der Waals surface area contributed by atoms with Gasteiger partial charge in [-0.05, 0) is 12.1 Å². The number of aromatic carboxylic acids is 1. The zero-order chi connectivity index (χ0) is 15.5. The van der Waals surface area contributed by atoms with E-state index in [1.165, 1.54) is 11.0 Å². The van der Waals surface area contributed by atoms with Crippen LogP contribution in [0.5, 0.6) is 0 Å². The van der Waals surface area contributed by atoms with Crippen LogP contribution in [0, 0.1) is 0 Å². The number of carboxylic acid groups (broad SMARTS) is 1. The Bertz CT molecular complexity index is 519. The van der Waals surface area contributed by atoms with Crippen molar-refractivity contribution in [2.24, 2.45) is 0 Å². The van der Waals surface area contributed by atoms with Crippen molar-refractivity contribution in [1.82, 2.24) is 9.88 Å². The van der Waals surface area contributed by atoms with Gasteiger partial charge >= 0.3 is 5.97 Å². The summed E-state index contributed by atoms with van der Waals surface area (Å²) in [7, 11) is 3.32. The quantitative estimate of drug-likeness (QED) is 0.874. The first kappa shape index (κ1) is 15.9. The van der Waals surface area contributed by atoms with E-state index in [0.717, 1.165) is 0 Å². The summed E-state index contributed by atoms with van der Waals surface area (Å²) in [6, 6.07) is 2.99. The van der Waals surface area contributed by atoms with Crippen LogP contribution in [-0.2, 0) is 10.2 Å². The van der Waals surface area contributed by atoms with Gasteiger partial charge in [0.15, 0.2) is 0 Å². The van der Waals surface area contributed by atoms with Crippen LogP contribution >= 0.6 is 0 Å². The minimum atomic E-state index is -1.01. The molecule has 1 rings (SSSR count). The third kappa shape index (κ3) is 4.22. The first-order valence-corrected chi connectivity index (χ1v) is 6.31. The molecule has 0 aliphatic rings. The molecule has 0 saturated carbocycles. The summed E-state index contributed by atoms with van der Waals surface area (Å²) >= 11 is 0. The molecule has 1 amide bonds. The highest BCUT2D eigenvalue weighted by atomic mass is 16.4. The highest BCUT2D eigenvalue weighted by Gasteiger charge is 2.19. The van der Waals surface area contributed by atoms with Crippen molar-refractivity contribution in [2.45, 2.75) is 26.2 Å². The number of pyridine rings is 1. The standard InChI is InChI=1S/C14H21N3O3/c1-14(2,3)10-6-9(13(19)20)7-11(16-10)15-8-12(18)17(4)5/h6-7H,8H2,1-5H3,(H,15,16)(H,19,20). The summed E-state index contributed by atoms with van der Waals surface area (Å²) in [5, 5.41) is 12.0. The number of nitrogens with one attached hydrogen (secondary N) is 1.